The molecule has 5 nitrogen and oxygen atoms in total. The molecule has 0 N–H and O–H groups in total. The smallest absolute Gasteiger partial charge is 0.268 e. The molecular weight excluding hydrogens is 343 g/mol. The SMILES string of the molecule is C#CCn1c(=O)nc(SCC)n(Cc2cc(F)c(F)cc2F)c1=O. The van der Waals surface area contributed by atoms with Crippen molar-refractivity contribution in [3.8, 4) is 12.3 Å². The molecule has 24 heavy (non-hydrogen) atoms. The molecule has 0 saturated carbocycles. The molecule has 0 fully saturated rings. The molecule has 0 spiro atoms. The molecule has 0 bridgehead atoms. The highest BCUT2D eigenvalue weighted by Gasteiger charge is 2.16. The van der Waals surface area contributed by atoms with Gasteiger partial charge in [-0.05, 0) is 11.8 Å². The van der Waals surface area contributed by atoms with E-state index in [-0.39, 0.29) is 17.3 Å². The molecule has 1 heterocycles. The van der Waals surface area contributed by atoms with E-state index in [0.717, 1.165) is 16.3 Å². The van der Waals surface area contributed by atoms with E-state index in [1.54, 1.807) is 6.92 Å². The lowest BCUT2D eigenvalue weighted by Gasteiger charge is -2.13. The van der Waals surface area contributed by atoms with Crippen LogP contribution < -0.4 is 11.4 Å². The van der Waals surface area contributed by atoms with Gasteiger partial charge in [-0.3, -0.25) is 4.57 Å². The van der Waals surface area contributed by atoms with Gasteiger partial charge < -0.3 is 0 Å². The summed E-state index contributed by atoms with van der Waals surface area (Å²) in [6.45, 7) is 1.05. The molecule has 9 heteroatoms. The van der Waals surface area contributed by atoms with E-state index in [1.807, 2.05) is 0 Å². The summed E-state index contributed by atoms with van der Waals surface area (Å²) in [4.78, 5) is 28.0. The number of terminal acetylenes is 1. The Morgan fingerprint density at radius 2 is 1.83 bits per heavy atom. The van der Waals surface area contributed by atoms with Crippen molar-refractivity contribution in [2.24, 2.45) is 0 Å². The van der Waals surface area contributed by atoms with Gasteiger partial charge in [0.15, 0.2) is 16.8 Å². The predicted octanol–water partition coefficient (Wildman–Crippen LogP) is 1.62. The van der Waals surface area contributed by atoms with Crippen molar-refractivity contribution >= 4 is 11.8 Å². The molecule has 0 aliphatic carbocycles. The largest absolute Gasteiger partial charge is 0.354 e. The second-order valence-corrected chi connectivity index (χ2v) is 5.86. The van der Waals surface area contributed by atoms with Crippen LogP contribution >= 0.6 is 11.8 Å². The topological polar surface area (TPSA) is 56.9 Å². The molecular formula is C15H12F3N3O2S. The molecule has 1 aromatic heterocycles. The molecule has 2 rings (SSSR count). The molecule has 0 amide bonds. The van der Waals surface area contributed by atoms with Crippen molar-refractivity contribution < 1.29 is 13.2 Å². The first-order chi connectivity index (χ1) is 11.4. The van der Waals surface area contributed by atoms with E-state index < -0.39 is 35.4 Å². The van der Waals surface area contributed by atoms with Crippen molar-refractivity contribution in [1.82, 2.24) is 14.1 Å². The maximum Gasteiger partial charge on any atom is 0.354 e. The number of nitrogens with zero attached hydrogens (tertiary/aromatic N) is 3. The summed E-state index contributed by atoms with van der Waals surface area (Å²) in [5.74, 6) is -0.937. The highest BCUT2D eigenvalue weighted by molar-refractivity contribution is 7.99. The highest BCUT2D eigenvalue weighted by Crippen LogP contribution is 2.17. The summed E-state index contributed by atoms with van der Waals surface area (Å²) in [6, 6.07) is 1.06. The van der Waals surface area contributed by atoms with Crippen molar-refractivity contribution in [3.63, 3.8) is 0 Å². The van der Waals surface area contributed by atoms with Gasteiger partial charge in [-0.15, -0.1) is 6.42 Å². The van der Waals surface area contributed by atoms with Gasteiger partial charge in [0.25, 0.3) is 0 Å². The molecule has 0 saturated heterocycles. The summed E-state index contributed by atoms with van der Waals surface area (Å²) >= 11 is 1.09. The van der Waals surface area contributed by atoms with Crippen LogP contribution in [0.5, 0.6) is 0 Å². The summed E-state index contributed by atoms with van der Waals surface area (Å²) < 4.78 is 41.9. The summed E-state index contributed by atoms with van der Waals surface area (Å²) in [5.41, 5.74) is -1.87. The summed E-state index contributed by atoms with van der Waals surface area (Å²) in [7, 11) is 0. The zero-order chi connectivity index (χ0) is 17.9. The monoisotopic (exact) mass is 355 g/mol. The highest BCUT2D eigenvalue weighted by atomic mass is 32.2. The second-order valence-electron chi connectivity index (χ2n) is 4.63. The first-order valence-corrected chi connectivity index (χ1v) is 7.79. The number of thioether (sulfide) groups is 1. The van der Waals surface area contributed by atoms with Crippen molar-refractivity contribution in [2.75, 3.05) is 5.75 Å². The average molecular weight is 355 g/mol. The van der Waals surface area contributed by atoms with Gasteiger partial charge in [0, 0.05) is 11.6 Å². The number of aromatic nitrogens is 3. The van der Waals surface area contributed by atoms with Gasteiger partial charge in [0.2, 0.25) is 0 Å². The normalized spacial score (nSPS) is 10.6. The van der Waals surface area contributed by atoms with Crippen LogP contribution in [-0.2, 0) is 13.1 Å². The number of rotatable bonds is 5. The van der Waals surface area contributed by atoms with Crippen LogP contribution in [0.1, 0.15) is 12.5 Å². The van der Waals surface area contributed by atoms with Gasteiger partial charge in [-0.1, -0.05) is 24.6 Å². The van der Waals surface area contributed by atoms with Crippen molar-refractivity contribution in [3.05, 3.63) is 56.1 Å². The molecule has 0 atom stereocenters. The van der Waals surface area contributed by atoms with E-state index in [1.165, 1.54) is 0 Å². The Kier molecular flexibility index (Phi) is 5.51. The van der Waals surface area contributed by atoms with Crippen LogP contribution in [0.2, 0.25) is 0 Å². The van der Waals surface area contributed by atoms with E-state index in [9.17, 15) is 22.8 Å². The van der Waals surface area contributed by atoms with E-state index in [0.29, 0.717) is 22.5 Å². The first-order valence-electron chi connectivity index (χ1n) is 6.80. The number of halogens is 3. The van der Waals surface area contributed by atoms with Crippen LogP contribution in [0.25, 0.3) is 0 Å². The Balaban J connectivity index is 2.62. The van der Waals surface area contributed by atoms with Crippen molar-refractivity contribution in [2.45, 2.75) is 25.2 Å². The molecule has 126 valence electrons. The number of hydrogen-bond donors (Lipinski definition) is 0. The van der Waals surface area contributed by atoms with E-state index in [2.05, 4.69) is 10.9 Å². The fraction of sp³-hybridized carbons (Fsp3) is 0.267. The third-order valence-electron chi connectivity index (χ3n) is 3.06. The Bertz CT molecular complexity index is 931. The molecule has 0 unspecified atom stereocenters. The van der Waals surface area contributed by atoms with Crippen LogP contribution in [0, 0.1) is 29.8 Å². The van der Waals surface area contributed by atoms with E-state index in [4.69, 9.17) is 6.42 Å². The Hall–Kier alpha value is -2.47. The average Bonchev–Trinajstić information content (AvgIpc) is 2.52. The minimum Gasteiger partial charge on any atom is -0.268 e. The third-order valence-corrected chi connectivity index (χ3v) is 3.91. The lowest BCUT2D eigenvalue weighted by Crippen LogP contribution is -2.42. The van der Waals surface area contributed by atoms with Crippen LogP contribution in [0.4, 0.5) is 13.2 Å². The predicted molar refractivity (Wildman–Crippen MR) is 83.4 cm³/mol. The Morgan fingerprint density at radius 3 is 2.46 bits per heavy atom. The van der Waals surface area contributed by atoms with Gasteiger partial charge in [-0.2, -0.15) is 4.98 Å². The van der Waals surface area contributed by atoms with Gasteiger partial charge >= 0.3 is 11.4 Å². The van der Waals surface area contributed by atoms with Crippen molar-refractivity contribution in [1.29, 1.82) is 0 Å². The van der Waals surface area contributed by atoms with Crippen LogP contribution in [0.3, 0.4) is 0 Å². The molecule has 1 aromatic carbocycles. The van der Waals surface area contributed by atoms with Gasteiger partial charge in [0.1, 0.15) is 5.82 Å². The Morgan fingerprint density at radius 1 is 1.17 bits per heavy atom. The van der Waals surface area contributed by atoms with E-state index >= 15 is 0 Å². The minimum absolute atomic E-state index is 0.0462. The number of benzene rings is 1. The van der Waals surface area contributed by atoms with Gasteiger partial charge in [0.05, 0.1) is 13.1 Å². The molecule has 0 aliphatic rings. The van der Waals surface area contributed by atoms with Crippen LogP contribution in [0.15, 0.2) is 26.9 Å². The number of hydrogen-bond acceptors (Lipinski definition) is 4. The maximum absolute atomic E-state index is 13.8. The zero-order valence-electron chi connectivity index (χ0n) is 12.6. The fourth-order valence-corrected chi connectivity index (χ4v) is 2.67. The molecule has 2 aromatic rings. The molecule has 0 aliphatic heterocycles. The standard InChI is InChI=1S/C15H12F3N3O2S/c1-3-5-20-13(22)19-14(24-4-2)21(15(20)23)8-9-6-11(17)12(18)7-10(9)16/h1,6-7H,4-5,8H2,2H3. The first kappa shape index (κ1) is 17.9. The minimum atomic E-state index is -1.33. The summed E-state index contributed by atoms with van der Waals surface area (Å²) in [5, 5.41) is 0.0462. The van der Waals surface area contributed by atoms with Crippen LogP contribution in [-0.4, -0.2) is 19.9 Å². The van der Waals surface area contributed by atoms with Gasteiger partial charge in [-0.25, -0.2) is 27.3 Å². The molecule has 0 radical (unpaired) electrons. The lowest BCUT2D eigenvalue weighted by atomic mass is 10.2. The zero-order valence-corrected chi connectivity index (χ0v) is 13.4. The maximum atomic E-state index is 13.8. The quantitative estimate of drug-likeness (QED) is 0.465. The Labute approximate surface area is 139 Å². The second kappa shape index (κ2) is 7.40. The third kappa shape index (κ3) is 3.54. The summed E-state index contributed by atoms with van der Waals surface area (Å²) in [6.07, 6.45) is 5.12. The lowest BCUT2D eigenvalue weighted by molar-refractivity contribution is 0.479. The fourth-order valence-electron chi connectivity index (χ4n) is 1.97.